The SMILES string of the molecule is CCCc1c(OCC(O)CS(=O)(=O)c2ccc(CC(=O)O)cc2Cl)ccc(C(C)=O)c1O. The van der Waals surface area contributed by atoms with Gasteiger partial charge < -0.3 is 20.1 Å². The number of hydrogen-bond donors (Lipinski definition) is 3. The Hall–Kier alpha value is -2.62. The summed E-state index contributed by atoms with van der Waals surface area (Å²) in [5.74, 6) is -1.99. The fraction of sp³-hybridized carbons (Fsp3) is 0.364. The molecule has 0 aliphatic rings. The number of ketones is 1. The molecule has 0 radical (unpaired) electrons. The summed E-state index contributed by atoms with van der Waals surface area (Å²) in [5, 5.41) is 29.3. The van der Waals surface area contributed by atoms with Crippen molar-refractivity contribution in [1.29, 1.82) is 0 Å². The number of phenols is 1. The highest BCUT2D eigenvalue weighted by Gasteiger charge is 2.24. The van der Waals surface area contributed by atoms with Crippen LogP contribution < -0.4 is 4.74 Å². The zero-order chi connectivity index (χ0) is 24.1. The van der Waals surface area contributed by atoms with Crippen LogP contribution in [-0.4, -0.2) is 54.0 Å². The smallest absolute Gasteiger partial charge is 0.307 e. The molecule has 0 fully saturated rings. The van der Waals surface area contributed by atoms with Gasteiger partial charge in [-0.1, -0.05) is 31.0 Å². The average Bonchev–Trinajstić information content (AvgIpc) is 2.67. The number of phenolic OH excluding ortho intramolecular Hbond substituents is 1. The summed E-state index contributed by atoms with van der Waals surface area (Å²) in [4.78, 5) is 22.2. The van der Waals surface area contributed by atoms with Crippen molar-refractivity contribution >= 4 is 33.2 Å². The molecular weight excluding hydrogens is 460 g/mol. The summed E-state index contributed by atoms with van der Waals surface area (Å²) in [6.45, 7) is 2.85. The van der Waals surface area contributed by atoms with E-state index in [-0.39, 0.29) is 45.8 Å². The number of carbonyl (C=O) groups excluding carboxylic acids is 1. The van der Waals surface area contributed by atoms with Crippen molar-refractivity contribution < 1.29 is 38.1 Å². The Balaban J connectivity index is 2.14. The summed E-state index contributed by atoms with van der Waals surface area (Å²) in [7, 11) is -3.99. The van der Waals surface area contributed by atoms with Crippen molar-refractivity contribution in [2.24, 2.45) is 0 Å². The van der Waals surface area contributed by atoms with Gasteiger partial charge in [0.2, 0.25) is 0 Å². The van der Waals surface area contributed by atoms with E-state index in [1.165, 1.54) is 37.3 Å². The van der Waals surface area contributed by atoms with Gasteiger partial charge in [-0.15, -0.1) is 0 Å². The first-order valence-corrected chi connectivity index (χ1v) is 11.9. The molecule has 10 heteroatoms. The fourth-order valence-electron chi connectivity index (χ4n) is 3.19. The molecule has 8 nitrogen and oxygen atoms in total. The van der Waals surface area contributed by atoms with Crippen LogP contribution in [0.25, 0.3) is 0 Å². The number of carboxylic acid groups (broad SMARTS) is 1. The van der Waals surface area contributed by atoms with Gasteiger partial charge in [0.15, 0.2) is 15.6 Å². The van der Waals surface area contributed by atoms with Crippen molar-refractivity contribution in [1.82, 2.24) is 0 Å². The number of carbonyl (C=O) groups is 2. The molecular formula is C22H25ClO8S. The second kappa shape index (κ2) is 10.8. The molecule has 0 spiro atoms. The second-order valence-electron chi connectivity index (χ2n) is 7.33. The molecule has 0 saturated heterocycles. The van der Waals surface area contributed by atoms with E-state index >= 15 is 0 Å². The van der Waals surface area contributed by atoms with Crippen LogP contribution in [0.3, 0.4) is 0 Å². The van der Waals surface area contributed by atoms with Crippen molar-refractivity contribution in [2.45, 2.75) is 44.1 Å². The van der Waals surface area contributed by atoms with Gasteiger partial charge in [0.1, 0.15) is 24.2 Å². The molecule has 2 aromatic rings. The highest BCUT2D eigenvalue weighted by molar-refractivity contribution is 7.91. The average molecular weight is 485 g/mol. The fourth-order valence-corrected chi connectivity index (χ4v) is 5.16. The normalized spacial score (nSPS) is 12.4. The molecule has 0 aliphatic heterocycles. The highest BCUT2D eigenvalue weighted by atomic mass is 35.5. The summed E-state index contributed by atoms with van der Waals surface area (Å²) in [5.41, 5.74) is 0.917. The second-order valence-corrected chi connectivity index (χ2v) is 9.74. The maximum atomic E-state index is 12.7. The first-order chi connectivity index (χ1) is 15.0. The molecule has 2 rings (SSSR count). The van der Waals surface area contributed by atoms with Gasteiger partial charge in [-0.05, 0) is 43.2 Å². The number of hydrogen-bond acceptors (Lipinski definition) is 7. The van der Waals surface area contributed by atoms with Crippen LogP contribution in [-0.2, 0) is 27.5 Å². The van der Waals surface area contributed by atoms with Crippen LogP contribution in [0.4, 0.5) is 0 Å². The molecule has 3 N–H and O–H groups in total. The number of sulfone groups is 1. The minimum Gasteiger partial charge on any atom is -0.507 e. The van der Waals surface area contributed by atoms with Gasteiger partial charge in [-0.3, -0.25) is 9.59 Å². The number of aliphatic hydroxyl groups is 1. The van der Waals surface area contributed by atoms with Crippen LogP contribution in [0.1, 0.15) is 41.8 Å². The number of aliphatic carboxylic acids is 1. The molecule has 32 heavy (non-hydrogen) atoms. The van der Waals surface area contributed by atoms with E-state index in [1.54, 1.807) is 0 Å². The lowest BCUT2D eigenvalue weighted by atomic mass is 10.0. The minimum atomic E-state index is -3.99. The molecule has 1 atom stereocenters. The summed E-state index contributed by atoms with van der Waals surface area (Å²) in [6.07, 6.45) is -0.613. The van der Waals surface area contributed by atoms with E-state index in [1.807, 2.05) is 6.92 Å². The Morgan fingerprint density at radius 1 is 1.19 bits per heavy atom. The number of aromatic hydroxyl groups is 1. The zero-order valence-corrected chi connectivity index (χ0v) is 19.2. The molecule has 0 aliphatic carbocycles. The summed E-state index contributed by atoms with van der Waals surface area (Å²) < 4.78 is 30.9. The Morgan fingerprint density at radius 2 is 1.88 bits per heavy atom. The number of rotatable bonds is 11. The number of aliphatic hydroxyl groups excluding tert-OH is 1. The van der Waals surface area contributed by atoms with Gasteiger partial charge in [-0.25, -0.2) is 8.42 Å². The van der Waals surface area contributed by atoms with Gasteiger partial charge in [0.25, 0.3) is 0 Å². The third-order valence-electron chi connectivity index (χ3n) is 4.65. The van der Waals surface area contributed by atoms with Crippen LogP contribution in [0.5, 0.6) is 11.5 Å². The van der Waals surface area contributed by atoms with Crippen LogP contribution >= 0.6 is 11.6 Å². The quantitative estimate of drug-likeness (QED) is 0.414. The topological polar surface area (TPSA) is 138 Å². The largest absolute Gasteiger partial charge is 0.507 e. The zero-order valence-electron chi connectivity index (χ0n) is 17.7. The monoisotopic (exact) mass is 484 g/mol. The van der Waals surface area contributed by atoms with Gasteiger partial charge >= 0.3 is 5.97 Å². The van der Waals surface area contributed by atoms with E-state index in [4.69, 9.17) is 21.4 Å². The number of benzene rings is 2. The number of halogens is 1. The lowest BCUT2D eigenvalue weighted by molar-refractivity contribution is -0.136. The molecule has 0 amide bonds. The first kappa shape index (κ1) is 25.6. The number of carboxylic acids is 1. The molecule has 2 aromatic carbocycles. The molecule has 0 aromatic heterocycles. The lowest BCUT2D eigenvalue weighted by Crippen LogP contribution is -2.27. The van der Waals surface area contributed by atoms with Crippen LogP contribution in [0.2, 0.25) is 5.02 Å². The molecule has 0 saturated carbocycles. The summed E-state index contributed by atoms with van der Waals surface area (Å²) >= 11 is 6.03. The maximum absolute atomic E-state index is 12.7. The Kier molecular flexibility index (Phi) is 8.65. The van der Waals surface area contributed by atoms with E-state index in [9.17, 15) is 28.2 Å². The van der Waals surface area contributed by atoms with E-state index in [0.717, 1.165) is 0 Å². The van der Waals surface area contributed by atoms with Crippen molar-refractivity contribution in [3.63, 3.8) is 0 Å². The summed E-state index contributed by atoms with van der Waals surface area (Å²) in [6, 6.07) is 6.74. The Labute approximate surface area is 191 Å². The first-order valence-electron chi connectivity index (χ1n) is 9.85. The van der Waals surface area contributed by atoms with E-state index < -0.39 is 27.7 Å². The van der Waals surface area contributed by atoms with Gasteiger partial charge in [-0.2, -0.15) is 0 Å². The third-order valence-corrected chi connectivity index (χ3v) is 6.92. The van der Waals surface area contributed by atoms with Crippen LogP contribution in [0, 0.1) is 0 Å². The molecule has 0 heterocycles. The van der Waals surface area contributed by atoms with Gasteiger partial charge in [0, 0.05) is 5.56 Å². The predicted molar refractivity (Wildman–Crippen MR) is 118 cm³/mol. The van der Waals surface area contributed by atoms with E-state index in [0.29, 0.717) is 24.0 Å². The Morgan fingerprint density at radius 3 is 2.44 bits per heavy atom. The van der Waals surface area contributed by atoms with Crippen molar-refractivity contribution in [3.05, 3.63) is 52.0 Å². The molecule has 1 unspecified atom stereocenters. The highest BCUT2D eigenvalue weighted by Crippen LogP contribution is 2.33. The van der Waals surface area contributed by atoms with Gasteiger partial charge in [0.05, 0.1) is 27.7 Å². The minimum absolute atomic E-state index is 0.133. The van der Waals surface area contributed by atoms with Crippen molar-refractivity contribution in [2.75, 3.05) is 12.4 Å². The lowest BCUT2D eigenvalue weighted by Gasteiger charge is -2.17. The maximum Gasteiger partial charge on any atom is 0.307 e. The Bertz CT molecular complexity index is 1110. The van der Waals surface area contributed by atoms with Crippen LogP contribution in [0.15, 0.2) is 35.2 Å². The number of ether oxygens (including phenoxy) is 1. The molecule has 174 valence electrons. The van der Waals surface area contributed by atoms with E-state index in [2.05, 4.69) is 0 Å². The number of Topliss-reactive ketones (excluding diaryl/α,β-unsaturated/α-hetero) is 1. The third kappa shape index (κ3) is 6.44. The van der Waals surface area contributed by atoms with Crippen molar-refractivity contribution in [3.8, 4) is 11.5 Å². The molecule has 0 bridgehead atoms. The predicted octanol–water partition coefficient (Wildman–Crippen LogP) is 3.04. The standard InChI is InChI=1S/C22H25ClO8S/c1-3-4-17-19(7-6-16(13(2)24)22(17)28)31-11-15(25)12-32(29,30)20-8-5-14(9-18(20)23)10-21(26)27/h5-9,15,25,28H,3-4,10-12H2,1-2H3,(H,26,27).